The molecule has 3 N–H and O–H groups in total. The summed E-state index contributed by atoms with van der Waals surface area (Å²) in [5, 5.41) is 11.0. The minimum Gasteiger partial charge on any atom is -0.369 e. The lowest BCUT2D eigenvalue weighted by Crippen LogP contribution is -2.47. The van der Waals surface area contributed by atoms with E-state index in [1.165, 1.54) is 38.5 Å². The first-order valence-electron chi connectivity index (χ1n) is 11.3. The number of amides is 1. The van der Waals surface area contributed by atoms with E-state index < -0.39 is 0 Å². The molecule has 4 bridgehead atoms. The van der Waals surface area contributed by atoms with Crippen molar-refractivity contribution in [2.75, 3.05) is 30.8 Å². The van der Waals surface area contributed by atoms with Gasteiger partial charge in [0.25, 0.3) is 0 Å². The molecule has 5 nitrogen and oxygen atoms in total. The first-order chi connectivity index (χ1) is 14.5. The molecule has 1 heterocycles. The molecule has 0 spiro atoms. The number of benzene rings is 1. The van der Waals surface area contributed by atoms with Crippen molar-refractivity contribution in [2.45, 2.75) is 44.9 Å². The van der Waals surface area contributed by atoms with Crippen LogP contribution in [0.4, 0.5) is 11.5 Å². The maximum atomic E-state index is 13.1. The Labute approximate surface area is 207 Å². The van der Waals surface area contributed by atoms with Gasteiger partial charge in [-0.3, -0.25) is 4.79 Å². The van der Waals surface area contributed by atoms with Gasteiger partial charge in [0, 0.05) is 24.9 Å². The highest BCUT2D eigenvalue weighted by molar-refractivity contribution is 6.35. The van der Waals surface area contributed by atoms with Crippen LogP contribution in [-0.2, 0) is 4.79 Å². The fourth-order valence-corrected chi connectivity index (χ4v) is 6.96. The standard InChI is InChI=1S/C24H31ClN4O.2ClH/c1-26-6-7-27-21-5-2-18-20(28-21)4-3-19(25)23(18)29-22(30)14-24-11-15-8-16(12-24)10-17(9-15)13-24;;/h2-5,15-17,26H,6-14H2,1H3,(H,27,28)(H,29,30);2*1H. The third-order valence-corrected chi connectivity index (χ3v) is 7.78. The van der Waals surface area contributed by atoms with Crippen LogP contribution in [0.3, 0.4) is 0 Å². The van der Waals surface area contributed by atoms with Crippen LogP contribution in [0, 0.1) is 23.2 Å². The quantitative estimate of drug-likeness (QED) is 0.414. The van der Waals surface area contributed by atoms with Crippen molar-refractivity contribution in [3.63, 3.8) is 0 Å². The summed E-state index contributed by atoms with van der Waals surface area (Å²) >= 11 is 6.50. The van der Waals surface area contributed by atoms with Gasteiger partial charge in [-0.25, -0.2) is 4.98 Å². The summed E-state index contributed by atoms with van der Waals surface area (Å²) in [6, 6.07) is 7.68. The van der Waals surface area contributed by atoms with E-state index in [4.69, 9.17) is 11.6 Å². The summed E-state index contributed by atoms with van der Waals surface area (Å²) in [5.74, 6) is 3.48. The Morgan fingerprint density at radius 3 is 2.31 bits per heavy atom. The van der Waals surface area contributed by atoms with Gasteiger partial charge in [0.15, 0.2) is 0 Å². The van der Waals surface area contributed by atoms with Crippen molar-refractivity contribution in [3.05, 3.63) is 29.3 Å². The SMILES string of the molecule is CNCCNc1ccc2c(NC(=O)CC34CC5CC(CC(C5)C3)C4)c(Cl)ccc2n1.Cl.Cl. The van der Waals surface area contributed by atoms with Gasteiger partial charge in [-0.1, -0.05) is 11.6 Å². The molecular formula is C24H33Cl3N4O. The predicted molar refractivity (Wildman–Crippen MR) is 138 cm³/mol. The maximum absolute atomic E-state index is 13.1. The second kappa shape index (κ2) is 10.3. The fraction of sp³-hybridized carbons (Fsp3) is 0.583. The Kier molecular flexibility index (Phi) is 8.19. The van der Waals surface area contributed by atoms with E-state index in [-0.39, 0.29) is 36.1 Å². The van der Waals surface area contributed by atoms with Gasteiger partial charge in [-0.05, 0) is 93.0 Å². The molecule has 1 amide bonds. The minimum absolute atomic E-state index is 0. The number of halogens is 3. The largest absolute Gasteiger partial charge is 0.369 e. The maximum Gasteiger partial charge on any atom is 0.224 e. The van der Waals surface area contributed by atoms with Gasteiger partial charge in [-0.15, -0.1) is 24.8 Å². The number of likely N-dealkylation sites (N-methyl/N-ethyl adjacent to an activating group) is 1. The molecule has 1 aromatic carbocycles. The lowest BCUT2D eigenvalue weighted by Gasteiger charge is -2.56. The smallest absolute Gasteiger partial charge is 0.224 e. The number of rotatable bonds is 7. The molecule has 4 aliphatic carbocycles. The lowest BCUT2D eigenvalue weighted by molar-refractivity contribution is -0.124. The third-order valence-electron chi connectivity index (χ3n) is 7.47. The number of hydrogen-bond donors (Lipinski definition) is 3. The topological polar surface area (TPSA) is 66.0 Å². The zero-order chi connectivity index (χ0) is 20.7. The van der Waals surface area contributed by atoms with Crippen molar-refractivity contribution >= 4 is 64.7 Å². The second-order valence-corrected chi connectivity index (χ2v) is 10.3. The minimum atomic E-state index is 0. The van der Waals surface area contributed by atoms with Crippen LogP contribution in [0.1, 0.15) is 44.9 Å². The van der Waals surface area contributed by atoms with Crippen molar-refractivity contribution in [3.8, 4) is 0 Å². The number of nitrogens with one attached hydrogen (secondary N) is 3. The van der Waals surface area contributed by atoms with Gasteiger partial charge < -0.3 is 16.0 Å². The molecule has 0 saturated heterocycles. The Morgan fingerprint density at radius 1 is 1.03 bits per heavy atom. The average molecular weight is 500 g/mol. The highest BCUT2D eigenvalue weighted by atomic mass is 35.5. The van der Waals surface area contributed by atoms with E-state index in [0.717, 1.165) is 47.6 Å². The van der Waals surface area contributed by atoms with Crippen molar-refractivity contribution in [2.24, 2.45) is 23.2 Å². The van der Waals surface area contributed by atoms with Crippen LogP contribution in [0.15, 0.2) is 24.3 Å². The molecule has 0 radical (unpaired) electrons. The first-order valence-corrected chi connectivity index (χ1v) is 11.7. The van der Waals surface area contributed by atoms with Crippen molar-refractivity contribution in [1.82, 2.24) is 10.3 Å². The van der Waals surface area contributed by atoms with Gasteiger partial charge in [0.2, 0.25) is 5.91 Å². The monoisotopic (exact) mass is 498 g/mol. The summed E-state index contributed by atoms with van der Waals surface area (Å²) < 4.78 is 0. The first kappa shape index (κ1) is 25.4. The zero-order valence-electron chi connectivity index (χ0n) is 18.5. The van der Waals surface area contributed by atoms with Crippen LogP contribution >= 0.6 is 36.4 Å². The Hall–Kier alpha value is -1.27. The highest BCUT2D eigenvalue weighted by Crippen LogP contribution is 2.61. The van der Waals surface area contributed by atoms with Gasteiger partial charge in [-0.2, -0.15) is 0 Å². The average Bonchev–Trinajstić information content (AvgIpc) is 2.69. The van der Waals surface area contributed by atoms with Crippen molar-refractivity contribution in [1.29, 1.82) is 0 Å². The summed E-state index contributed by atoms with van der Waals surface area (Å²) in [7, 11) is 1.93. The fourth-order valence-electron chi connectivity index (χ4n) is 6.75. The Balaban J connectivity index is 0.00000144. The number of hydrogen-bond acceptors (Lipinski definition) is 4. The molecule has 6 rings (SSSR count). The molecule has 0 atom stereocenters. The van der Waals surface area contributed by atoms with E-state index in [0.29, 0.717) is 17.1 Å². The summed E-state index contributed by atoms with van der Waals surface area (Å²) in [6.45, 7) is 1.67. The van der Waals surface area contributed by atoms with E-state index in [9.17, 15) is 4.79 Å². The molecule has 1 aromatic heterocycles. The number of carbonyl (C=O) groups excluding carboxylic acids is 1. The molecule has 0 unspecified atom stereocenters. The summed E-state index contributed by atoms with van der Waals surface area (Å²) in [4.78, 5) is 17.8. The Bertz CT molecular complexity index is 932. The molecule has 2 aromatic rings. The van der Waals surface area contributed by atoms with Gasteiger partial charge in [0.1, 0.15) is 5.82 Å². The van der Waals surface area contributed by atoms with E-state index in [1.807, 2.05) is 31.3 Å². The number of nitrogens with zero attached hydrogens (tertiary/aromatic N) is 1. The van der Waals surface area contributed by atoms with Crippen LogP contribution in [0.2, 0.25) is 5.02 Å². The molecule has 0 aliphatic heterocycles. The number of carbonyl (C=O) groups is 1. The summed E-state index contributed by atoms with van der Waals surface area (Å²) in [6.07, 6.45) is 8.52. The molecule has 4 saturated carbocycles. The van der Waals surface area contributed by atoms with Crippen LogP contribution in [-0.4, -0.2) is 31.0 Å². The van der Waals surface area contributed by atoms with Crippen LogP contribution in [0.5, 0.6) is 0 Å². The molecule has 4 fully saturated rings. The molecular weight excluding hydrogens is 467 g/mol. The number of fused-ring (bicyclic) bond motifs is 1. The second-order valence-electron chi connectivity index (χ2n) is 9.86. The normalized spacial score (nSPS) is 27.5. The lowest BCUT2D eigenvalue weighted by atomic mass is 9.49. The molecule has 4 aliphatic rings. The van der Waals surface area contributed by atoms with Crippen LogP contribution in [0.25, 0.3) is 10.9 Å². The number of aromatic nitrogens is 1. The van der Waals surface area contributed by atoms with E-state index >= 15 is 0 Å². The number of anilines is 2. The molecule has 32 heavy (non-hydrogen) atoms. The summed E-state index contributed by atoms with van der Waals surface area (Å²) in [5.41, 5.74) is 1.75. The van der Waals surface area contributed by atoms with E-state index in [1.54, 1.807) is 0 Å². The van der Waals surface area contributed by atoms with Crippen LogP contribution < -0.4 is 16.0 Å². The molecule has 176 valence electrons. The van der Waals surface area contributed by atoms with Gasteiger partial charge >= 0.3 is 0 Å². The Morgan fingerprint density at radius 2 is 1.69 bits per heavy atom. The zero-order valence-corrected chi connectivity index (χ0v) is 20.8. The predicted octanol–water partition coefficient (Wildman–Crippen LogP) is 5.91. The molecule has 8 heteroatoms. The highest BCUT2D eigenvalue weighted by Gasteiger charge is 2.51. The third kappa shape index (κ3) is 5.11. The van der Waals surface area contributed by atoms with Crippen molar-refractivity contribution < 1.29 is 4.79 Å². The van der Waals surface area contributed by atoms with E-state index in [2.05, 4.69) is 20.9 Å². The number of pyridine rings is 1. The van der Waals surface area contributed by atoms with Gasteiger partial charge in [0.05, 0.1) is 16.2 Å².